The van der Waals surface area contributed by atoms with Crippen LogP contribution >= 0.6 is 0 Å². The lowest BCUT2D eigenvalue weighted by molar-refractivity contribution is 0.0979. The fourth-order valence-electron chi connectivity index (χ4n) is 2.31. The zero-order valence-corrected chi connectivity index (χ0v) is 10.3. The van der Waals surface area contributed by atoms with Gasteiger partial charge < -0.3 is 14.7 Å². The molecule has 1 atom stereocenters. The van der Waals surface area contributed by atoms with Gasteiger partial charge in [-0.2, -0.15) is 0 Å². The van der Waals surface area contributed by atoms with Crippen molar-refractivity contribution in [1.29, 1.82) is 0 Å². The quantitative estimate of drug-likeness (QED) is 0.831. The molecule has 3 nitrogen and oxygen atoms in total. The molecule has 0 aromatic heterocycles. The summed E-state index contributed by atoms with van der Waals surface area (Å²) in [7, 11) is 4.10. The molecule has 0 amide bonds. The maximum atomic E-state index is 9.55. The Morgan fingerprint density at radius 2 is 2.06 bits per heavy atom. The van der Waals surface area contributed by atoms with E-state index in [9.17, 15) is 5.11 Å². The Hall–Kier alpha value is -1.22. The molecule has 0 aliphatic carbocycles. The Bertz CT molecular complexity index is 399. The van der Waals surface area contributed by atoms with Crippen LogP contribution in [0.15, 0.2) is 18.2 Å². The van der Waals surface area contributed by atoms with E-state index in [-0.39, 0.29) is 5.60 Å². The van der Waals surface area contributed by atoms with Gasteiger partial charge in [0, 0.05) is 18.0 Å². The summed E-state index contributed by atoms with van der Waals surface area (Å²) in [4.78, 5) is 2.15. The van der Waals surface area contributed by atoms with Crippen LogP contribution in [0.2, 0.25) is 0 Å². The van der Waals surface area contributed by atoms with E-state index in [0.29, 0.717) is 11.7 Å². The number of hydrogen-bond donors (Lipinski definition) is 1. The molecule has 1 aliphatic heterocycles. The van der Waals surface area contributed by atoms with Gasteiger partial charge in [0.1, 0.15) is 17.1 Å². The normalized spacial score (nSPS) is 21.9. The number of hydrogen-bond acceptors (Lipinski definition) is 3. The SMILES string of the molecule is CN(C)CC1c2cc(O)ccc2OC1(C)C. The molecule has 1 heterocycles. The maximum absolute atomic E-state index is 9.55. The number of likely N-dealkylation sites (N-methyl/N-ethyl adjacent to an activating group) is 1. The van der Waals surface area contributed by atoms with E-state index in [1.165, 1.54) is 0 Å². The summed E-state index contributed by atoms with van der Waals surface area (Å²) in [6.45, 7) is 5.11. The van der Waals surface area contributed by atoms with Gasteiger partial charge >= 0.3 is 0 Å². The van der Waals surface area contributed by atoms with Gasteiger partial charge in [-0.3, -0.25) is 0 Å². The Kier molecular flexibility index (Phi) is 2.58. The van der Waals surface area contributed by atoms with Crippen LogP contribution in [0.5, 0.6) is 11.5 Å². The molecular formula is C13H19NO2. The second-order valence-corrected chi connectivity index (χ2v) is 5.24. The van der Waals surface area contributed by atoms with E-state index >= 15 is 0 Å². The average Bonchev–Trinajstić information content (AvgIpc) is 2.38. The minimum Gasteiger partial charge on any atom is -0.508 e. The van der Waals surface area contributed by atoms with Crippen molar-refractivity contribution < 1.29 is 9.84 Å². The monoisotopic (exact) mass is 221 g/mol. The molecule has 0 saturated heterocycles. The van der Waals surface area contributed by atoms with E-state index < -0.39 is 0 Å². The molecule has 0 saturated carbocycles. The largest absolute Gasteiger partial charge is 0.508 e. The van der Waals surface area contributed by atoms with E-state index in [2.05, 4.69) is 32.8 Å². The van der Waals surface area contributed by atoms with Gasteiger partial charge in [-0.1, -0.05) is 0 Å². The van der Waals surface area contributed by atoms with Crippen molar-refractivity contribution >= 4 is 0 Å². The fourth-order valence-corrected chi connectivity index (χ4v) is 2.31. The summed E-state index contributed by atoms with van der Waals surface area (Å²) in [5.74, 6) is 1.50. The summed E-state index contributed by atoms with van der Waals surface area (Å²) in [6, 6.07) is 5.34. The van der Waals surface area contributed by atoms with E-state index in [0.717, 1.165) is 17.9 Å². The van der Waals surface area contributed by atoms with Crippen LogP contribution < -0.4 is 4.74 Å². The molecular weight excluding hydrogens is 202 g/mol. The summed E-state index contributed by atoms with van der Waals surface area (Å²) in [5.41, 5.74) is 0.902. The number of aromatic hydroxyl groups is 1. The van der Waals surface area contributed by atoms with Crippen LogP contribution in [-0.2, 0) is 0 Å². The van der Waals surface area contributed by atoms with Gasteiger partial charge in [-0.05, 0) is 46.1 Å². The molecule has 16 heavy (non-hydrogen) atoms. The van der Waals surface area contributed by atoms with Crippen LogP contribution in [0.25, 0.3) is 0 Å². The Labute approximate surface area is 96.6 Å². The zero-order chi connectivity index (χ0) is 11.9. The maximum Gasteiger partial charge on any atom is 0.124 e. The van der Waals surface area contributed by atoms with Crippen LogP contribution in [0.3, 0.4) is 0 Å². The highest BCUT2D eigenvalue weighted by atomic mass is 16.5. The molecule has 0 bridgehead atoms. The number of ether oxygens (including phenoxy) is 1. The molecule has 0 fully saturated rings. The van der Waals surface area contributed by atoms with Crippen molar-refractivity contribution in [3.63, 3.8) is 0 Å². The highest BCUT2D eigenvalue weighted by Gasteiger charge is 2.41. The van der Waals surface area contributed by atoms with Crippen molar-refractivity contribution in [1.82, 2.24) is 4.90 Å². The lowest BCUT2D eigenvalue weighted by atomic mass is 9.86. The predicted molar refractivity (Wildman–Crippen MR) is 64.1 cm³/mol. The molecule has 0 radical (unpaired) electrons. The van der Waals surface area contributed by atoms with Gasteiger partial charge in [0.05, 0.1) is 0 Å². The van der Waals surface area contributed by atoms with Crippen LogP contribution in [-0.4, -0.2) is 36.2 Å². The average molecular weight is 221 g/mol. The number of phenolic OH excluding ortho intramolecular Hbond substituents is 1. The van der Waals surface area contributed by atoms with E-state index in [1.54, 1.807) is 6.07 Å². The van der Waals surface area contributed by atoms with Crippen LogP contribution in [0.4, 0.5) is 0 Å². The Morgan fingerprint density at radius 1 is 1.38 bits per heavy atom. The zero-order valence-electron chi connectivity index (χ0n) is 10.3. The second-order valence-electron chi connectivity index (χ2n) is 5.24. The molecule has 88 valence electrons. The topological polar surface area (TPSA) is 32.7 Å². The third-order valence-corrected chi connectivity index (χ3v) is 3.13. The van der Waals surface area contributed by atoms with Crippen molar-refractivity contribution in [2.75, 3.05) is 20.6 Å². The molecule has 3 heteroatoms. The predicted octanol–water partition coefficient (Wildman–Crippen LogP) is 2.21. The molecule has 2 rings (SSSR count). The van der Waals surface area contributed by atoms with Crippen molar-refractivity contribution in [2.24, 2.45) is 0 Å². The van der Waals surface area contributed by atoms with Crippen molar-refractivity contribution in [2.45, 2.75) is 25.4 Å². The minimum absolute atomic E-state index is 0.208. The standard InChI is InChI=1S/C13H19NO2/c1-13(2)11(8-14(3)4)10-7-9(15)5-6-12(10)16-13/h5-7,11,15H,8H2,1-4H3. The fraction of sp³-hybridized carbons (Fsp3) is 0.538. The molecule has 1 aromatic carbocycles. The Balaban J connectivity index is 2.39. The molecule has 1 aromatic rings. The van der Waals surface area contributed by atoms with Crippen molar-refractivity contribution in [3.8, 4) is 11.5 Å². The molecule has 1 unspecified atom stereocenters. The van der Waals surface area contributed by atoms with Crippen molar-refractivity contribution in [3.05, 3.63) is 23.8 Å². The smallest absolute Gasteiger partial charge is 0.124 e. The second kappa shape index (κ2) is 3.67. The Morgan fingerprint density at radius 3 is 2.69 bits per heavy atom. The summed E-state index contributed by atoms with van der Waals surface area (Å²) in [5, 5.41) is 9.55. The number of fused-ring (bicyclic) bond motifs is 1. The third kappa shape index (κ3) is 1.87. The van der Waals surface area contributed by atoms with E-state index in [4.69, 9.17) is 4.74 Å². The van der Waals surface area contributed by atoms with Gasteiger partial charge in [0.25, 0.3) is 0 Å². The summed E-state index contributed by atoms with van der Waals surface area (Å²) < 4.78 is 5.92. The minimum atomic E-state index is -0.208. The van der Waals surface area contributed by atoms with Gasteiger partial charge in [-0.25, -0.2) is 0 Å². The molecule has 1 N–H and O–H groups in total. The number of rotatable bonds is 2. The highest BCUT2D eigenvalue weighted by Crippen LogP contribution is 2.45. The van der Waals surface area contributed by atoms with Crippen LogP contribution in [0, 0.1) is 0 Å². The highest BCUT2D eigenvalue weighted by molar-refractivity contribution is 5.47. The number of phenols is 1. The summed E-state index contributed by atoms with van der Waals surface area (Å²) >= 11 is 0. The first-order valence-electron chi connectivity index (χ1n) is 5.57. The van der Waals surface area contributed by atoms with Crippen LogP contribution in [0.1, 0.15) is 25.3 Å². The lowest BCUT2D eigenvalue weighted by Gasteiger charge is -2.28. The number of benzene rings is 1. The van der Waals surface area contributed by atoms with Gasteiger partial charge in [0.15, 0.2) is 0 Å². The first-order valence-corrected chi connectivity index (χ1v) is 5.57. The summed E-state index contributed by atoms with van der Waals surface area (Å²) in [6.07, 6.45) is 0. The van der Waals surface area contributed by atoms with Gasteiger partial charge in [0.2, 0.25) is 0 Å². The van der Waals surface area contributed by atoms with E-state index in [1.807, 2.05) is 12.1 Å². The first kappa shape index (κ1) is 11.3. The third-order valence-electron chi connectivity index (χ3n) is 3.13. The lowest BCUT2D eigenvalue weighted by Crippen LogP contribution is -2.36. The molecule has 1 aliphatic rings. The molecule has 0 spiro atoms. The van der Waals surface area contributed by atoms with Gasteiger partial charge in [-0.15, -0.1) is 0 Å². The first-order chi connectivity index (χ1) is 7.40. The number of nitrogens with zero attached hydrogens (tertiary/aromatic N) is 1.